The lowest BCUT2D eigenvalue weighted by Gasteiger charge is -2.06. The summed E-state index contributed by atoms with van der Waals surface area (Å²) in [6, 6.07) is 16.6. The number of carbonyl (C=O) groups excluding carboxylic acids is 1. The molecule has 0 fully saturated rings. The minimum atomic E-state index is -0.152. The fraction of sp³-hybridized carbons (Fsp3) is 0.125. The fourth-order valence-corrected chi connectivity index (χ4v) is 1.79. The van der Waals surface area contributed by atoms with Gasteiger partial charge in [-0.25, -0.2) is 0 Å². The maximum atomic E-state index is 12.0. The van der Waals surface area contributed by atoms with Crippen LogP contribution in [0.15, 0.2) is 48.5 Å². The minimum Gasteiger partial charge on any atom is -0.388 e. The van der Waals surface area contributed by atoms with Gasteiger partial charge >= 0.3 is 0 Å². The Labute approximate surface area is 118 Å². The maximum absolute atomic E-state index is 12.0. The maximum Gasteiger partial charge on any atom is 0.255 e. The van der Waals surface area contributed by atoms with Gasteiger partial charge in [0.05, 0.1) is 12.5 Å². The third-order valence-corrected chi connectivity index (χ3v) is 2.93. The monoisotopic (exact) mass is 265 g/mol. The summed E-state index contributed by atoms with van der Waals surface area (Å²) in [4.78, 5) is 12.0. The molecular weight excluding hydrogens is 250 g/mol. The van der Waals surface area contributed by atoms with Crippen LogP contribution in [0.2, 0.25) is 0 Å². The van der Waals surface area contributed by atoms with Gasteiger partial charge in [-0.1, -0.05) is 12.1 Å². The number of hydrogen-bond donors (Lipinski definition) is 2. The van der Waals surface area contributed by atoms with E-state index in [1.54, 1.807) is 24.3 Å². The van der Waals surface area contributed by atoms with E-state index >= 15 is 0 Å². The molecule has 100 valence electrons. The molecule has 0 aliphatic heterocycles. The molecule has 0 spiro atoms. The first-order valence-corrected chi connectivity index (χ1v) is 6.28. The van der Waals surface area contributed by atoms with Crippen molar-refractivity contribution < 1.29 is 4.79 Å². The molecule has 20 heavy (non-hydrogen) atoms. The van der Waals surface area contributed by atoms with Crippen LogP contribution in [0.1, 0.15) is 15.9 Å². The number of anilines is 2. The van der Waals surface area contributed by atoms with Crippen LogP contribution in [-0.2, 0) is 6.42 Å². The number of benzene rings is 2. The Kier molecular flexibility index (Phi) is 4.35. The van der Waals surface area contributed by atoms with Gasteiger partial charge in [-0.2, -0.15) is 5.26 Å². The molecule has 4 nitrogen and oxygen atoms in total. The van der Waals surface area contributed by atoms with Gasteiger partial charge < -0.3 is 10.6 Å². The second kappa shape index (κ2) is 6.39. The van der Waals surface area contributed by atoms with Crippen molar-refractivity contribution in [1.29, 1.82) is 5.26 Å². The highest BCUT2D eigenvalue weighted by molar-refractivity contribution is 6.04. The lowest BCUT2D eigenvalue weighted by Crippen LogP contribution is -2.11. The van der Waals surface area contributed by atoms with Crippen molar-refractivity contribution in [1.82, 2.24) is 0 Å². The molecule has 0 aliphatic rings. The Bertz CT molecular complexity index is 624. The Balaban J connectivity index is 2.05. The fourth-order valence-electron chi connectivity index (χ4n) is 1.79. The molecule has 1 amide bonds. The Morgan fingerprint density at radius 3 is 2.20 bits per heavy atom. The van der Waals surface area contributed by atoms with Crippen LogP contribution < -0.4 is 10.6 Å². The van der Waals surface area contributed by atoms with Crippen LogP contribution >= 0.6 is 0 Å². The topological polar surface area (TPSA) is 64.9 Å². The van der Waals surface area contributed by atoms with E-state index in [1.807, 2.05) is 31.3 Å². The molecule has 0 aliphatic carbocycles. The average Bonchev–Trinajstić information content (AvgIpc) is 2.49. The number of amides is 1. The second-order valence-electron chi connectivity index (χ2n) is 4.31. The summed E-state index contributed by atoms with van der Waals surface area (Å²) in [5.74, 6) is -0.152. The van der Waals surface area contributed by atoms with E-state index in [2.05, 4.69) is 16.7 Å². The highest BCUT2D eigenvalue weighted by Crippen LogP contribution is 2.13. The van der Waals surface area contributed by atoms with Crippen molar-refractivity contribution in [2.24, 2.45) is 0 Å². The number of rotatable bonds is 4. The standard InChI is InChI=1S/C16H15N3O/c1-18-14-8-4-13(5-9-14)16(20)19-15-6-2-12(3-7-15)10-11-17/h2-9,18H,10H2,1H3,(H,19,20). The largest absolute Gasteiger partial charge is 0.388 e. The molecule has 2 rings (SSSR count). The minimum absolute atomic E-state index is 0.152. The van der Waals surface area contributed by atoms with E-state index < -0.39 is 0 Å². The van der Waals surface area contributed by atoms with Gasteiger partial charge in [0.15, 0.2) is 0 Å². The molecule has 4 heteroatoms. The second-order valence-corrected chi connectivity index (χ2v) is 4.31. The summed E-state index contributed by atoms with van der Waals surface area (Å²) < 4.78 is 0. The quantitative estimate of drug-likeness (QED) is 0.893. The van der Waals surface area contributed by atoms with Crippen LogP contribution in [0.4, 0.5) is 11.4 Å². The third-order valence-electron chi connectivity index (χ3n) is 2.93. The average molecular weight is 265 g/mol. The van der Waals surface area contributed by atoms with Crippen LogP contribution in [-0.4, -0.2) is 13.0 Å². The number of nitrogens with zero attached hydrogens (tertiary/aromatic N) is 1. The Morgan fingerprint density at radius 1 is 1.05 bits per heavy atom. The van der Waals surface area contributed by atoms with E-state index in [-0.39, 0.29) is 5.91 Å². The zero-order chi connectivity index (χ0) is 14.4. The lowest BCUT2D eigenvalue weighted by atomic mass is 10.1. The first kappa shape index (κ1) is 13.6. The van der Waals surface area contributed by atoms with Crippen LogP contribution in [0.25, 0.3) is 0 Å². The van der Waals surface area contributed by atoms with Gasteiger partial charge in [0.25, 0.3) is 5.91 Å². The summed E-state index contributed by atoms with van der Waals surface area (Å²) in [5.41, 5.74) is 3.21. The highest BCUT2D eigenvalue weighted by Gasteiger charge is 2.05. The van der Waals surface area contributed by atoms with Crippen molar-refractivity contribution in [3.63, 3.8) is 0 Å². The van der Waals surface area contributed by atoms with E-state index in [0.29, 0.717) is 12.0 Å². The molecule has 0 unspecified atom stereocenters. The molecule has 2 N–H and O–H groups in total. The van der Waals surface area contributed by atoms with Gasteiger partial charge in [0.1, 0.15) is 0 Å². The van der Waals surface area contributed by atoms with Gasteiger partial charge in [-0.05, 0) is 42.0 Å². The van der Waals surface area contributed by atoms with Gasteiger partial charge in [0.2, 0.25) is 0 Å². The van der Waals surface area contributed by atoms with Crippen molar-refractivity contribution in [3.8, 4) is 6.07 Å². The molecule has 2 aromatic rings. The first-order valence-electron chi connectivity index (χ1n) is 6.28. The summed E-state index contributed by atoms with van der Waals surface area (Å²) >= 11 is 0. The van der Waals surface area contributed by atoms with Crippen molar-refractivity contribution in [3.05, 3.63) is 59.7 Å². The Morgan fingerprint density at radius 2 is 1.65 bits per heavy atom. The molecule has 0 atom stereocenters. The summed E-state index contributed by atoms with van der Waals surface area (Å²) in [7, 11) is 1.83. The molecule has 0 bridgehead atoms. The van der Waals surface area contributed by atoms with E-state index in [9.17, 15) is 4.79 Å². The van der Waals surface area contributed by atoms with Crippen LogP contribution in [0, 0.1) is 11.3 Å². The molecule has 0 radical (unpaired) electrons. The lowest BCUT2D eigenvalue weighted by molar-refractivity contribution is 0.102. The van der Waals surface area contributed by atoms with Gasteiger partial charge in [-0.15, -0.1) is 0 Å². The van der Waals surface area contributed by atoms with E-state index in [1.165, 1.54) is 0 Å². The normalized spacial score (nSPS) is 9.60. The molecule has 0 heterocycles. The summed E-state index contributed by atoms with van der Waals surface area (Å²) in [6.45, 7) is 0. The van der Waals surface area contributed by atoms with Crippen molar-refractivity contribution in [2.45, 2.75) is 6.42 Å². The molecule has 0 saturated carbocycles. The zero-order valence-electron chi connectivity index (χ0n) is 11.2. The predicted octanol–water partition coefficient (Wildman–Crippen LogP) is 3.05. The van der Waals surface area contributed by atoms with E-state index in [0.717, 1.165) is 16.9 Å². The SMILES string of the molecule is CNc1ccc(C(=O)Nc2ccc(CC#N)cc2)cc1. The summed E-state index contributed by atoms with van der Waals surface area (Å²) in [5, 5.41) is 14.4. The number of hydrogen-bond acceptors (Lipinski definition) is 3. The molecular formula is C16H15N3O. The predicted molar refractivity (Wildman–Crippen MR) is 79.7 cm³/mol. The first-order chi connectivity index (χ1) is 9.72. The number of carbonyl (C=O) groups is 1. The van der Waals surface area contributed by atoms with Crippen molar-refractivity contribution in [2.75, 3.05) is 17.7 Å². The summed E-state index contributed by atoms with van der Waals surface area (Å²) in [6.07, 6.45) is 0.375. The number of nitrogens with one attached hydrogen (secondary N) is 2. The smallest absolute Gasteiger partial charge is 0.255 e. The van der Waals surface area contributed by atoms with Crippen molar-refractivity contribution >= 4 is 17.3 Å². The third kappa shape index (κ3) is 3.36. The molecule has 0 aromatic heterocycles. The molecule has 0 saturated heterocycles. The molecule has 2 aromatic carbocycles. The van der Waals surface area contributed by atoms with Gasteiger partial charge in [-0.3, -0.25) is 4.79 Å². The highest BCUT2D eigenvalue weighted by atomic mass is 16.1. The zero-order valence-corrected chi connectivity index (χ0v) is 11.2. The number of nitriles is 1. The van der Waals surface area contributed by atoms with Gasteiger partial charge in [0, 0.05) is 24.0 Å². The Hall–Kier alpha value is -2.80. The van der Waals surface area contributed by atoms with E-state index in [4.69, 9.17) is 5.26 Å². The van der Waals surface area contributed by atoms with Crippen LogP contribution in [0.3, 0.4) is 0 Å². The van der Waals surface area contributed by atoms with Crippen LogP contribution in [0.5, 0.6) is 0 Å².